The largest absolute Gasteiger partial charge is 0.480 e. The Hall–Kier alpha value is -0.420. The Morgan fingerprint density at radius 1 is 1.47 bits per heavy atom. The van der Waals surface area contributed by atoms with Crippen molar-refractivity contribution >= 4 is 40.9 Å². The Labute approximate surface area is 126 Å². The van der Waals surface area contributed by atoms with Crippen molar-refractivity contribution in [3.8, 4) is 0 Å². The van der Waals surface area contributed by atoms with Crippen molar-refractivity contribution in [1.82, 2.24) is 0 Å². The molecule has 2 unspecified atom stereocenters. The van der Waals surface area contributed by atoms with Crippen molar-refractivity contribution in [2.45, 2.75) is 41.4 Å². The second-order valence-electron chi connectivity index (χ2n) is 4.87. The van der Waals surface area contributed by atoms with Crippen LogP contribution >= 0.6 is 35.0 Å². The Balaban J connectivity index is 2.11. The lowest BCUT2D eigenvalue weighted by molar-refractivity contribution is -0.144. The van der Waals surface area contributed by atoms with E-state index in [-0.39, 0.29) is 5.25 Å². The zero-order valence-electron chi connectivity index (χ0n) is 10.2. The first-order chi connectivity index (χ1) is 8.90. The van der Waals surface area contributed by atoms with Crippen LogP contribution in [0.25, 0.3) is 0 Å². The van der Waals surface area contributed by atoms with Crippen molar-refractivity contribution in [2.24, 2.45) is 5.73 Å². The predicted molar refractivity (Wildman–Crippen MR) is 79.1 cm³/mol. The second-order valence-corrected chi connectivity index (χ2v) is 7.06. The monoisotopic (exact) mass is 319 g/mol. The molecule has 1 aliphatic carbocycles. The van der Waals surface area contributed by atoms with Gasteiger partial charge in [0.15, 0.2) is 0 Å². The number of carbonyl (C=O) groups is 1. The van der Waals surface area contributed by atoms with E-state index in [1.54, 1.807) is 23.9 Å². The summed E-state index contributed by atoms with van der Waals surface area (Å²) in [7, 11) is 0. The molecular weight excluding hydrogens is 305 g/mol. The highest BCUT2D eigenvalue weighted by Gasteiger charge is 2.39. The van der Waals surface area contributed by atoms with Crippen LogP contribution in [0.4, 0.5) is 0 Å². The molecule has 19 heavy (non-hydrogen) atoms. The Morgan fingerprint density at radius 2 is 2.21 bits per heavy atom. The van der Waals surface area contributed by atoms with Crippen LogP contribution in [0.1, 0.15) is 25.7 Å². The number of carboxylic acids is 1. The fraction of sp³-hybridized carbons (Fsp3) is 0.462. The Morgan fingerprint density at radius 3 is 2.89 bits per heavy atom. The molecule has 1 aromatic carbocycles. The molecule has 1 aromatic rings. The molecule has 0 spiro atoms. The van der Waals surface area contributed by atoms with Crippen LogP contribution in [0, 0.1) is 0 Å². The van der Waals surface area contributed by atoms with E-state index in [1.807, 2.05) is 6.07 Å². The smallest absolute Gasteiger partial charge is 0.323 e. The lowest BCUT2D eigenvalue weighted by atomic mass is 9.82. The van der Waals surface area contributed by atoms with Crippen molar-refractivity contribution in [3.63, 3.8) is 0 Å². The van der Waals surface area contributed by atoms with E-state index in [0.29, 0.717) is 22.9 Å². The highest BCUT2D eigenvalue weighted by atomic mass is 35.5. The van der Waals surface area contributed by atoms with Crippen molar-refractivity contribution in [2.75, 3.05) is 0 Å². The van der Waals surface area contributed by atoms with Crippen molar-refractivity contribution < 1.29 is 9.90 Å². The number of rotatable bonds is 3. The molecule has 3 nitrogen and oxygen atoms in total. The van der Waals surface area contributed by atoms with Gasteiger partial charge in [0.1, 0.15) is 5.54 Å². The SMILES string of the molecule is NC1(C(=O)O)CCCC(Sc2cc(Cl)ccc2Cl)C1. The summed E-state index contributed by atoms with van der Waals surface area (Å²) in [6, 6.07) is 5.30. The topological polar surface area (TPSA) is 63.3 Å². The summed E-state index contributed by atoms with van der Waals surface area (Å²) in [5.74, 6) is -0.921. The van der Waals surface area contributed by atoms with Gasteiger partial charge < -0.3 is 10.8 Å². The molecule has 0 saturated heterocycles. The summed E-state index contributed by atoms with van der Waals surface area (Å²) >= 11 is 13.6. The fourth-order valence-corrected chi connectivity index (χ4v) is 4.19. The van der Waals surface area contributed by atoms with Crippen LogP contribution in [-0.4, -0.2) is 21.9 Å². The Bertz CT molecular complexity index is 498. The zero-order chi connectivity index (χ0) is 14.0. The van der Waals surface area contributed by atoms with Gasteiger partial charge >= 0.3 is 5.97 Å². The van der Waals surface area contributed by atoms with Gasteiger partial charge in [-0.25, -0.2) is 0 Å². The quantitative estimate of drug-likeness (QED) is 0.889. The first-order valence-electron chi connectivity index (χ1n) is 6.05. The minimum Gasteiger partial charge on any atom is -0.480 e. The summed E-state index contributed by atoms with van der Waals surface area (Å²) < 4.78 is 0. The van der Waals surface area contributed by atoms with Crippen LogP contribution in [-0.2, 0) is 4.79 Å². The zero-order valence-corrected chi connectivity index (χ0v) is 12.6. The molecule has 3 N–H and O–H groups in total. The van der Waals surface area contributed by atoms with Gasteiger partial charge in [0.2, 0.25) is 0 Å². The first-order valence-corrected chi connectivity index (χ1v) is 7.68. The molecule has 0 radical (unpaired) electrons. The van der Waals surface area contributed by atoms with Gasteiger partial charge in [-0.15, -0.1) is 11.8 Å². The molecule has 2 atom stereocenters. The predicted octanol–water partition coefficient (Wildman–Crippen LogP) is 3.81. The minimum absolute atomic E-state index is 0.158. The molecule has 0 amide bonds. The molecule has 0 aliphatic heterocycles. The van der Waals surface area contributed by atoms with Crippen LogP contribution in [0.15, 0.2) is 23.1 Å². The first kappa shape index (κ1) is 15.0. The molecule has 0 bridgehead atoms. The van der Waals surface area contributed by atoms with E-state index in [1.165, 1.54) is 0 Å². The summed E-state index contributed by atoms with van der Waals surface area (Å²) in [5.41, 5.74) is 4.83. The van der Waals surface area contributed by atoms with Gasteiger partial charge in [0, 0.05) is 15.2 Å². The van der Waals surface area contributed by atoms with Crippen LogP contribution in [0.5, 0.6) is 0 Å². The van der Waals surface area contributed by atoms with Gasteiger partial charge in [-0.3, -0.25) is 4.79 Å². The molecule has 6 heteroatoms. The Kier molecular flexibility index (Phi) is 4.66. The highest BCUT2D eigenvalue weighted by Crippen LogP contribution is 2.40. The van der Waals surface area contributed by atoms with Crippen LogP contribution < -0.4 is 5.73 Å². The third-order valence-electron chi connectivity index (χ3n) is 3.35. The van der Waals surface area contributed by atoms with Crippen molar-refractivity contribution in [3.05, 3.63) is 28.2 Å². The number of halogens is 2. The van der Waals surface area contributed by atoms with Crippen LogP contribution in [0.3, 0.4) is 0 Å². The van der Waals surface area contributed by atoms with E-state index < -0.39 is 11.5 Å². The standard InChI is InChI=1S/C13H15Cl2NO2S/c14-8-3-4-10(15)11(6-8)19-9-2-1-5-13(16,7-9)12(17)18/h3-4,6,9H,1-2,5,7,16H2,(H,17,18). The molecule has 104 valence electrons. The highest BCUT2D eigenvalue weighted by molar-refractivity contribution is 8.00. The normalized spacial score (nSPS) is 27.2. The molecule has 2 rings (SSSR count). The molecule has 0 heterocycles. The van der Waals surface area contributed by atoms with Crippen molar-refractivity contribution in [1.29, 1.82) is 0 Å². The van der Waals surface area contributed by atoms with Gasteiger partial charge in [0.05, 0.1) is 5.02 Å². The number of hydrogen-bond donors (Lipinski definition) is 2. The lowest BCUT2D eigenvalue weighted by Gasteiger charge is -2.34. The maximum atomic E-state index is 11.2. The van der Waals surface area contributed by atoms with Gasteiger partial charge in [-0.1, -0.05) is 23.2 Å². The summed E-state index contributed by atoms with van der Waals surface area (Å²) in [4.78, 5) is 12.1. The van der Waals surface area contributed by atoms with E-state index in [0.717, 1.165) is 17.7 Å². The maximum absolute atomic E-state index is 11.2. The average molecular weight is 320 g/mol. The third kappa shape index (κ3) is 3.57. The summed E-state index contributed by atoms with van der Waals surface area (Å²) in [6.45, 7) is 0. The number of thioether (sulfide) groups is 1. The summed E-state index contributed by atoms with van der Waals surface area (Å²) in [6.07, 6.45) is 2.75. The maximum Gasteiger partial charge on any atom is 0.323 e. The molecule has 1 saturated carbocycles. The van der Waals surface area contributed by atoms with Gasteiger partial charge in [0.25, 0.3) is 0 Å². The molecule has 0 aromatic heterocycles. The number of hydrogen-bond acceptors (Lipinski definition) is 3. The molecule has 1 fully saturated rings. The lowest BCUT2D eigenvalue weighted by Crippen LogP contribution is -2.51. The van der Waals surface area contributed by atoms with E-state index in [4.69, 9.17) is 28.9 Å². The van der Waals surface area contributed by atoms with Gasteiger partial charge in [-0.05, 0) is 43.9 Å². The number of aliphatic carboxylic acids is 1. The minimum atomic E-state index is -1.11. The van der Waals surface area contributed by atoms with E-state index in [2.05, 4.69) is 0 Å². The average Bonchev–Trinajstić information content (AvgIpc) is 2.34. The fourth-order valence-electron chi connectivity index (χ4n) is 2.30. The molecular formula is C13H15Cl2NO2S. The van der Waals surface area contributed by atoms with Gasteiger partial charge in [-0.2, -0.15) is 0 Å². The number of nitrogens with two attached hydrogens (primary N) is 1. The van der Waals surface area contributed by atoms with E-state index >= 15 is 0 Å². The second kappa shape index (κ2) is 5.92. The molecule has 1 aliphatic rings. The number of benzene rings is 1. The summed E-state index contributed by atoms with van der Waals surface area (Å²) in [5, 5.41) is 10.6. The van der Waals surface area contributed by atoms with E-state index in [9.17, 15) is 9.90 Å². The third-order valence-corrected chi connectivity index (χ3v) is 5.36. The van der Waals surface area contributed by atoms with Crippen LogP contribution in [0.2, 0.25) is 10.0 Å². The number of carboxylic acid groups (broad SMARTS) is 1.